The predicted octanol–water partition coefficient (Wildman–Crippen LogP) is 1.03. The van der Waals surface area contributed by atoms with E-state index in [0.717, 1.165) is 37.4 Å². The van der Waals surface area contributed by atoms with Crippen molar-refractivity contribution < 1.29 is 4.52 Å². The van der Waals surface area contributed by atoms with Gasteiger partial charge in [0.15, 0.2) is 5.82 Å². The molecular weight excluding hydrogens is 216 g/mol. The van der Waals surface area contributed by atoms with Gasteiger partial charge in [0.2, 0.25) is 6.39 Å². The first-order valence-electron chi connectivity index (χ1n) is 6.63. The Morgan fingerprint density at radius 1 is 1.35 bits per heavy atom. The molecule has 0 bridgehead atoms. The Labute approximate surface area is 102 Å². The molecule has 1 N–H and O–H groups in total. The molecule has 5 nitrogen and oxygen atoms in total. The summed E-state index contributed by atoms with van der Waals surface area (Å²) in [4.78, 5) is 6.50. The quantitative estimate of drug-likeness (QED) is 0.849. The van der Waals surface area contributed by atoms with Crippen LogP contribution in [-0.2, 0) is 6.54 Å². The van der Waals surface area contributed by atoms with E-state index >= 15 is 0 Å². The monoisotopic (exact) mass is 236 g/mol. The highest BCUT2D eigenvalue weighted by molar-refractivity contribution is 4.87. The number of hydrogen-bond donors (Lipinski definition) is 1. The zero-order chi connectivity index (χ0) is 11.5. The summed E-state index contributed by atoms with van der Waals surface area (Å²) in [7, 11) is 0. The second kappa shape index (κ2) is 5.14. The van der Waals surface area contributed by atoms with Gasteiger partial charge in [-0.3, -0.25) is 4.90 Å². The lowest BCUT2D eigenvalue weighted by atomic mass is 9.88. The SMILES string of the molecule is c1nc(CN2CCC(C3CCCN3)CC2)no1. The summed E-state index contributed by atoms with van der Waals surface area (Å²) < 4.78 is 4.76. The fourth-order valence-electron chi connectivity index (χ4n) is 3.09. The van der Waals surface area contributed by atoms with Gasteiger partial charge in [-0.2, -0.15) is 4.98 Å². The first-order chi connectivity index (χ1) is 8.42. The van der Waals surface area contributed by atoms with Gasteiger partial charge in [0.1, 0.15) is 0 Å². The second-order valence-corrected chi connectivity index (χ2v) is 5.16. The molecule has 17 heavy (non-hydrogen) atoms. The van der Waals surface area contributed by atoms with Crippen LogP contribution < -0.4 is 5.32 Å². The Kier molecular flexibility index (Phi) is 3.38. The summed E-state index contributed by atoms with van der Waals surface area (Å²) in [6.45, 7) is 4.38. The fourth-order valence-corrected chi connectivity index (χ4v) is 3.09. The van der Waals surface area contributed by atoms with Crippen molar-refractivity contribution in [2.24, 2.45) is 5.92 Å². The normalized spacial score (nSPS) is 27.6. The molecule has 2 aliphatic heterocycles. The number of piperidine rings is 1. The molecule has 1 atom stereocenters. The van der Waals surface area contributed by atoms with Crippen LogP contribution in [0.4, 0.5) is 0 Å². The largest absolute Gasteiger partial charge is 0.343 e. The Morgan fingerprint density at radius 2 is 2.24 bits per heavy atom. The molecule has 2 aliphatic rings. The van der Waals surface area contributed by atoms with Gasteiger partial charge in [-0.15, -0.1) is 0 Å². The molecule has 0 spiro atoms. The third kappa shape index (κ3) is 2.66. The minimum Gasteiger partial charge on any atom is -0.343 e. The number of hydrogen-bond acceptors (Lipinski definition) is 5. The maximum absolute atomic E-state index is 4.76. The van der Waals surface area contributed by atoms with Gasteiger partial charge in [0, 0.05) is 6.04 Å². The topological polar surface area (TPSA) is 54.2 Å². The number of nitrogens with one attached hydrogen (secondary N) is 1. The predicted molar refractivity (Wildman–Crippen MR) is 63.3 cm³/mol. The van der Waals surface area contributed by atoms with Crippen LogP contribution in [0.2, 0.25) is 0 Å². The number of aromatic nitrogens is 2. The fraction of sp³-hybridized carbons (Fsp3) is 0.833. The summed E-state index contributed by atoms with van der Waals surface area (Å²) in [5, 5.41) is 7.50. The third-order valence-corrected chi connectivity index (χ3v) is 4.07. The molecule has 3 rings (SSSR count). The minimum absolute atomic E-state index is 0.780. The average molecular weight is 236 g/mol. The van der Waals surface area contributed by atoms with Crippen molar-refractivity contribution in [2.75, 3.05) is 19.6 Å². The number of rotatable bonds is 3. The van der Waals surface area contributed by atoms with Crippen molar-refractivity contribution in [1.82, 2.24) is 20.4 Å². The second-order valence-electron chi connectivity index (χ2n) is 5.16. The van der Waals surface area contributed by atoms with Gasteiger partial charge >= 0.3 is 0 Å². The van der Waals surface area contributed by atoms with Crippen molar-refractivity contribution in [2.45, 2.75) is 38.3 Å². The summed E-state index contributed by atoms with van der Waals surface area (Å²) in [6, 6.07) is 0.780. The highest BCUT2D eigenvalue weighted by Crippen LogP contribution is 2.25. The average Bonchev–Trinajstić information content (AvgIpc) is 3.01. The number of nitrogens with zero attached hydrogens (tertiary/aromatic N) is 3. The summed E-state index contributed by atoms with van der Waals surface area (Å²) in [5.74, 6) is 1.68. The highest BCUT2D eigenvalue weighted by Gasteiger charge is 2.28. The van der Waals surface area contributed by atoms with Gasteiger partial charge in [-0.25, -0.2) is 0 Å². The van der Waals surface area contributed by atoms with Gasteiger partial charge in [-0.1, -0.05) is 5.16 Å². The molecule has 1 aromatic heterocycles. The molecular formula is C12H20N4O. The molecule has 94 valence electrons. The molecule has 0 radical (unpaired) electrons. The van der Waals surface area contributed by atoms with Crippen LogP contribution in [0.5, 0.6) is 0 Å². The summed E-state index contributed by atoms with van der Waals surface area (Å²) >= 11 is 0. The molecule has 3 heterocycles. The Hall–Kier alpha value is -0.940. The molecule has 2 fully saturated rings. The van der Waals surface area contributed by atoms with Crippen molar-refractivity contribution >= 4 is 0 Å². The van der Waals surface area contributed by atoms with Crippen LogP contribution in [0, 0.1) is 5.92 Å². The van der Waals surface area contributed by atoms with E-state index < -0.39 is 0 Å². The molecule has 0 aliphatic carbocycles. The molecule has 5 heteroatoms. The van der Waals surface area contributed by atoms with Crippen molar-refractivity contribution in [3.63, 3.8) is 0 Å². The first kappa shape index (κ1) is 11.2. The van der Waals surface area contributed by atoms with E-state index in [-0.39, 0.29) is 0 Å². The van der Waals surface area contributed by atoms with E-state index in [2.05, 4.69) is 20.4 Å². The summed E-state index contributed by atoms with van der Waals surface area (Å²) in [5.41, 5.74) is 0. The van der Waals surface area contributed by atoms with E-state index in [1.165, 1.54) is 38.6 Å². The standard InChI is InChI=1S/C12H20N4O/c1-2-11(13-5-1)10-3-6-16(7-4-10)8-12-14-9-17-15-12/h9-11,13H,1-8H2. The first-order valence-corrected chi connectivity index (χ1v) is 6.63. The third-order valence-electron chi connectivity index (χ3n) is 4.07. The van der Waals surface area contributed by atoms with Crippen molar-refractivity contribution in [1.29, 1.82) is 0 Å². The van der Waals surface area contributed by atoms with Gasteiger partial charge < -0.3 is 9.84 Å². The van der Waals surface area contributed by atoms with Crippen molar-refractivity contribution in [3.8, 4) is 0 Å². The molecule has 0 saturated carbocycles. The molecule has 1 aromatic rings. The summed E-state index contributed by atoms with van der Waals surface area (Å²) in [6.07, 6.45) is 6.73. The minimum atomic E-state index is 0.780. The molecule has 2 saturated heterocycles. The van der Waals surface area contributed by atoms with E-state index in [9.17, 15) is 0 Å². The highest BCUT2D eigenvalue weighted by atomic mass is 16.5. The maximum atomic E-state index is 4.76. The van der Waals surface area contributed by atoms with Gasteiger partial charge in [0.25, 0.3) is 0 Å². The Morgan fingerprint density at radius 3 is 2.88 bits per heavy atom. The molecule has 0 aromatic carbocycles. The zero-order valence-corrected chi connectivity index (χ0v) is 10.1. The lowest BCUT2D eigenvalue weighted by Gasteiger charge is -2.34. The van der Waals surface area contributed by atoms with Gasteiger partial charge in [0.05, 0.1) is 6.54 Å². The van der Waals surface area contributed by atoms with Crippen molar-refractivity contribution in [3.05, 3.63) is 12.2 Å². The van der Waals surface area contributed by atoms with Crippen LogP contribution >= 0.6 is 0 Å². The van der Waals surface area contributed by atoms with Gasteiger partial charge in [-0.05, 0) is 51.2 Å². The maximum Gasteiger partial charge on any atom is 0.213 e. The zero-order valence-electron chi connectivity index (χ0n) is 10.1. The van der Waals surface area contributed by atoms with E-state index in [0.29, 0.717) is 0 Å². The van der Waals surface area contributed by atoms with Crippen LogP contribution in [0.3, 0.4) is 0 Å². The lowest BCUT2D eigenvalue weighted by molar-refractivity contribution is 0.153. The smallest absolute Gasteiger partial charge is 0.213 e. The van der Waals surface area contributed by atoms with E-state index in [1.807, 2.05) is 0 Å². The number of likely N-dealkylation sites (tertiary alicyclic amines) is 1. The van der Waals surface area contributed by atoms with Crippen LogP contribution in [0.1, 0.15) is 31.5 Å². The van der Waals surface area contributed by atoms with E-state index in [4.69, 9.17) is 4.52 Å². The molecule has 1 unspecified atom stereocenters. The lowest BCUT2D eigenvalue weighted by Crippen LogP contribution is -2.40. The Bertz CT molecular complexity index is 326. The van der Waals surface area contributed by atoms with Crippen LogP contribution in [-0.4, -0.2) is 40.7 Å². The van der Waals surface area contributed by atoms with Crippen LogP contribution in [0.15, 0.2) is 10.9 Å². The van der Waals surface area contributed by atoms with E-state index in [1.54, 1.807) is 0 Å². The van der Waals surface area contributed by atoms with Crippen LogP contribution in [0.25, 0.3) is 0 Å². The Balaban J connectivity index is 1.47. The molecule has 0 amide bonds.